The number of rotatable bonds is 5. The lowest BCUT2D eigenvalue weighted by Crippen LogP contribution is -2.48. The third-order valence-electron chi connectivity index (χ3n) is 3.69. The van der Waals surface area contributed by atoms with Crippen LogP contribution in [0.3, 0.4) is 0 Å². The van der Waals surface area contributed by atoms with Gasteiger partial charge in [0.25, 0.3) is 0 Å². The lowest BCUT2D eigenvalue weighted by atomic mass is 9.88. The zero-order valence-electron chi connectivity index (χ0n) is 10.3. The maximum Gasteiger partial charge on any atom is 0.336 e. The Morgan fingerprint density at radius 3 is 2.62 bits per heavy atom. The van der Waals surface area contributed by atoms with Gasteiger partial charge in [0, 0.05) is 0 Å². The molecule has 1 saturated carbocycles. The van der Waals surface area contributed by atoms with E-state index in [2.05, 4.69) is 0 Å². The highest BCUT2D eigenvalue weighted by Crippen LogP contribution is 2.42. The molecule has 0 aromatic carbocycles. The molecule has 0 heterocycles. The van der Waals surface area contributed by atoms with Crippen LogP contribution in [0.2, 0.25) is 0 Å². The van der Waals surface area contributed by atoms with Crippen LogP contribution in [-0.4, -0.2) is 34.0 Å². The summed E-state index contributed by atoms with van der Waals surface area (Å²) < 4.78 is 5.68. The molecule has 2 N–H and O–H groups in total. The van der Waals surface area contributed by atoms with Gasteiger partial charge in [-0.1, -0.05) is 6.92 Å². The maximum atomic E-state index is 11.4. The van der Waals surface area contributed by atoms with Crippen molar-refractivity contribution in [2.75, 3.05) is 0 Å². The summed E-state index contributed by atoms with van der Waals surface area (Å²) in [6.07, 6.45) is 2.06. The molecule has 0 aromatic heterocycles. The number of aliphatic hydroxyl groups is 1. The summed E-state index contributed by atoms with van der Waals surface area (Å²) in [5.41, 5.74) is -1.08. The van der Waals surface area contributed by atoms with E-state index in [1.807, 2.05) is 6.92 Å². The molecule has 1 rings (SSSR count). The van der Waals surface area contributed by atoms with E-state index in [0.717, 1.165) is 19.3 Å². The van der Waals surface area contributed by atoms with Crippen molar-refractivity contribution in [2.24, 2.45) is 5.92 Å². The van der Waals surface area contributed by atoms with Gasteiger partial charge in [-0.2, -0.15) is 0 Å². The predicted molar refractivity (Wildman–Crippen MR) is 60.2 cm³/mol. The fourth-order valence-corrected chi connectivity index (χ4v) is 2.50. The van der Waals surface area contributed by atoms with E-state index >= 15 is 0 Å². The molecule has 1 fully saturated rings. The summed E-state index contributed by atoms with van der Waals surface area (Å²) in [7, 11) is 0. The molecule has 0 aromatic rings. The average molecular weight is 230 g/mol. The number of carboxylic acids is 1. The fourth-order valence-electron chi connectivity index (χ4n) is 2.50. The second-order valence-corrected chi connectivity index (χ2v) is 4.76. The van der Waals surface area contributed by atoms with E-state index in [-0.39, 0.29) is 5.92 Å². The largest absolute Gasteiger partial charge is 0.479 e. The quantitative estimate of drug-likeness (QED) is 0.756. The van der Waals surface area contributed by atoms with Crippen molar-refractivity contribution in [3.8, 4) is 0 Å². The Balaban J connectivity index is 2.84. The summed E-state index contributed by atoms with van der Waals surface area (Å²) in [5.74, 6) is -0.824. The molecule has 94 valence electrons. The predicted octanol–water partition coefficient (Wildman–Crippen LogP) is 1.81. The van der Waals surface area contributed by atoms with Gasteiger partial charge in [0.15, 0.2) is 5.60 Å². The molecule has 0 saturated heterocycles. The molecule has 4 atom stereocenters. The van der Waals surface area contributed by atoms with Gasteiger partial charge in [-0.3, -0.25) is 0 Å². The normalized spacial score (nSPS) is 33.6. The number of aliphatic carboxylic acids is 1. The van der Waals surface area contributed by atoms with E-state index in [4.69, 9.17) is 4.74 Å². The van der Waals surface area contributed by atoms with E-state index < -0.39 is 23.8 Å². The molecule has 4 heteroatoms. The highest BCUT2D eigenvalue weighted by atomic mass is 16.5. The Bertz CT molecular complexity index is 251. The summed E-state index contributed by atoms with van der Waals surface area (Å²) in [6.45, 7) is 5.33. The lowest BCUT2D eigenvalue weighted by Gasteiger charge is -2.34. The van der Waals surface area contributed by atoms with Crippen molar-refractivity contribution in [2.45, 2.75) is 64.3 Å². The highest BCUT2D eigenvalue weighted by molar-refractivity contribution is 5.78. The molecule has 1 aliphatic rings. The topological polar surface area (TPSA) is 66.8 Å². The van der Waals surface area contributed by atoms with Gasteiger partial charge < -0.3 is 14.9 Å². The molecule has 1 aliphatic carbocycles. The summed E-state index contributed by atoms with van der Waals surface area (Å²) >= 11 is 0. The SMILES string of the molecule is CCC1CCCC1(OC(C)C(C)O)C(=O)O. The standard InChI is InChI=1S/C12H22O4/c1-4-10-6-5-7-12(10,11(14)15)16-9(3)8(2)13/h8-10,13H,4-7H2,1-3H3,(H,14,15). The molecule has 4 nitrogen and oxygen atoms in total. The first kappa shape index (κ1) is 13.5. The molecule has 0 spiro atoms. The van der Waals surface area contributed by atoms with Crippen LogP contribution in [0.25, 0.3) is 0 Å². The first-order chi connectivity index (χ1) is 7.44. The molecular weight excluding hydrogens is 208 g/mol. The van der Waals surface area contributed by atoms with E-state index in [0.29, 0.717) is 6.42 Å². The minimum atomic E-state index is -1.08. The minimum absolute atomic E-state index is 0.0613. The number of hydrogen-bond acceptors (Lipinski definition) is 3. The zero-order valence-corrected chi connectivity index (χ0v) is 10.3. The van der Waals surface area contributed by atoms with Crippen LogP contribution in [0.5, 0.6) is 0 Å². The third kappa shape index (κ3) is 2.38. The van der Waals surface area contributed by atoms with E-state index in [1.165, 1.54) is 0 Å². The monoisotopic (exact) mass is 230 g/mol. The molecule has 0 aliphatic heterocycles. The Morgan fingerprint density at radius 2 is 2.19 bits per heavy atom. The molecule has 16 heavy (non-hydrogen) atoms. The maximum absolute atomic E-state index is 11.4. The van der Waals surface area contributed by atoms with Gasteiger partial charge in [0.2, 0.25) is 0 Å². The van der Waals surface area contributed by atoms with Crippen molar-refractivity contribution < 1.29 is 19.7 Å². The van der Waals surface area contributed by atoms with Crippen LogP contribution in [0.4, 0.5) is 0 Å². The van der Waals surface area contributed by atoms with Crippen LogP contribution in [0.15, 0.2) is 0 Å². The van der Waals surface area contributed by atoms with Gasteiger partial charge in [0.05, 0.1) is 12.2 Å². The van der Waals surface area contributed by atoms with Gasteiger partial charge >= 0.3 is 5.97 Å². The molecule has 0 amide bonds. The van der Waals surface area contributed by atoms with E-state index in [1.54, 1.807) is 13.8 Å². The van der Waals surface area contributed by atoms with Gasteiger partial charge in [0.1, 0.15) is 0 Å². The van der Waals surface area contributed by atoms with Gasteiger partial charge in [-0.05, 0) is 45.4 Å². The van der Waals surface area contributed by atoms with Crippen LogP contribution < -0.4 is 0 Å². The van der Waals surface area contributed by atoms with Crippen LogP contribution in [0, 0.1) is 5.92 Å². The van der Waals surface area contributed by atoms with Crippen molar-refractivity contribution in [1.29, 1.82) is 0 Å². The Morgan fingerprint density at radius 1 is 1.56 bits per heavy atom. The number of ether oxygens (including phenoxy) is 1. The second-order valence-electron chi connectivity index (χ2n) is 4.76. The fraction of sp³-hybridized carbons (Fsp3) is 0.917. The van der Waals surface area contributed by atoms with Gasteiger partial charge in [-0.25, -0.2) is 4.79 Å². The zero-order chi connectivity index (χ0) is 12.3. The van der Waals surface area contributed by atoms with Crippen molar-refractivity contribution in [3.05, 3.63) is 0 Å². The third-order valence-corrected chi connectivity index (χ3v) is 3.69. The molecular formula is C12H22O4. The first-order valence-electron chi connectivity index (χ1n) is 6.03. The number of carboxylic acid groups (broad SMARTS) is 1. The average Bonchev–Trinajstić information content (AvgIpc) is 2.61. The number of carbonyl (C=O) groups is 1. The van der Waals surface area contributed by atoms with Crippen LogP contribution in [0.1, 0.15) is 46.5 Å². The highest BCUT2D eigenvalue weighted by Gasteiger charge is 2.50. The van der Waals surface area contributed by atoms with Crippen molar-refractivity contribution in [3.63, 3.8) is 0 Å². The van der Waals surface area contributed by atoms with Gasteiger partial charge in [-0.15, -0.1) is 0 Å². The Labute approximate surface area is 96.6 Å². The minimum Gasteiger partial charge on any atom is -0.479 e. The Hall–Kier alpha value is -0.610. The molecule has 4 unspecified atom stereocenters. The van der Waals surface area contributed by atoms with E-state index in [9.17, 15) is 15.0 Å². The Kier molecular flexibility index (Phi) is 4.33. The number of aliphatic hydroxyl groups excluding tert-OH is 1. The van der Waals surface area contributed by atoms with Crippen molar-refractivity contribution in [1.82, 2.24) is 0 Å². The molecule has 0 radical (unpaired) electrons. The van der Waals surface area contributed by atoms with Crippen LogP contribution in [-0.2, 0) is 9.53 Å². The summed E-state index contributed by atoms with van der Waals surface area (Å²) in [4.78, 5) is 11.4. The molecule has 0 bridgehead atoms. The first-order valence-corrected chi connectivity index (χ1v) is 6.03. The number of hydrogen-bond donors (Lipinski definition) is 2. The smallest absolute Gasteiger partial charge is 0.336 e. The summed E-state index contributed by atoms with van der Waals surface area (Å²) in [5, 5.41) is 18.8. The van der Waals surface area contributed by atoms with Crippen molar-refractivity contribution >= 4 is 5.97 Å². The summed E-state index contributed by atoms with van der Waals surface area (Å²) in [6, 6.07) is 0. The lowest BCUT2D eigenvalue weighted by molar-refractivity contribution is -0.187. The van der Waals surface area contributed by atoms with Crippen LogP contribution >= 0.6 is 0 Å². The second kappa shape index (κ2) is 5.15.